The second-order valence-electron chi connectivity index (χ2n) is 6.77. The Hall–Kier alpha value is -2.51. The van der Waals surface area contributed by atoms with Crippen LogP contribution in [0.5, 0.6) is 0 Å². The number of anilines is 3. The van der Waals surface area contributed by atoms with Crippen molar-refractivity contribution in [3.05, 3.63) is 41.1 Å². The molecule has 138 valence electrons. The van der Waals surface area contributed by atoms with E-state index in [1.165, 1.54) is 0 Å². The first-order chi connectivity index (χ1) is 12.6. The van der Waals surface area contributed by atoms with E-state index in [0.29, 0.717) is 23.0 Å². The van der Waals surface area contributed by atoms with E-state index >= 15 is 0 Å². The van der Waals surface area contributed by atoms with Crippen LogP contribution in [0.1, 0.15) is 47.3 Å². The van der Waals surface area contributed by atoms with Crippen molar-refractivity contribution in [2.45, 2.75) is 51.2 Å². The van der Waals surface area contributed by atoms with Crippen molar-refractivity contribution in [3.8, 4) is 0 Å². The molecule has 2 aromatic rings. The molecule has 6 N–H and O–H groups in total. The largest absolute Gasteiger partial charge is 0.350 e. The third-order valence-corrected chi connectivity index (χ3v) is 4.75. The average molecular weight is 354 g/mol. The molecule has 2 atom stereocenters. The van der Waals surface area contributed by atoms with Gasteiger partial charge in [0.05, 0.1) is 11.3 Å². The van der Waals surface area contributed by atoms with Crippen LogP contribution in [0.2, 0.25) is 0 Å². The Balaban J connectivity index is 1.92. The number of benzene rings is 1. The Morgan fingerprint density at radius 3 is 2.77 bits per heavy atom. The fourth-order valence-corrected chi connectivity index (χ4v) is 3.32. The standard InChI is InChI=1S/C19H26N6O/c1-12-5-4-6-13(9-12)22-18-14(11-26)17(10-20)24-19(25-18)23-16-8-3-2-7-15(16)21/h4-6,9,11,15-16H,2-3,7-8,10,20-21H2,1H3,(H2,22,23,24,25)/t15-,16+/m0/s1. The van der Waals surface area contributed by atoms with Crippen LogP contribution in [0.25, 0.3) is 0 Å². The molecule has 1 aliphatic carbocycles. The molecule has 0 spiro atoms. The predicted octanol–water partition coefficient (Wildman–Crippen LogP) is 2.48. The summed E-state index contributed by atoms with van der Waals surface area (Å²) in [6, 6.07) is 8.08. The summed E-state index contributed by atoms with van der Waals surface area (Å²) in [5.41, 5.74) is 14.9. The Morgan fingerprint density at radius 1 is 1.27 bits per heavy atom. The zero-order valence-corrected chi connectivity index (χ0v) is 15.0. The lowest BCUT2D eigenvalue weighted by molar-refractivity contribution is 0.112. The van der Waals surface area contributed by atoms with E-state index in [1.807, 2.05) is 31.2 Å². The van der Waals surface area contributed by atoms with E-state index < -0.39 is 0 Å². The summed E-state index contributed by atoms with van der Waals surface area (Å²) in [7, 11) is 0. The molecular formula is C19H26N6O. The lowest BCUT2D eigenvalue weighted by atomic mass is 9.91. The molecule has 7 nitrogen and oxygen atoms in total. The summed E-state index contributed by atoms with van der Waals surface area (Å²) in [5, 5.41) is 6.55. The van der Waals surface area contributed by atoms with E-state index in [-0.39, 0.29) is 18.6 Å². The highest BCUT2D eigenvalue weighted by Gasteiger charge is 2.23. The predicted molar refractivity (Wildman–Crippen MR) is 104 cm³/mol. The first-order valence-electron chi connectivity index (χ1n) is 9.02. The lowest BCUT2D eigenvalue weighted by Crippen LogP contribution is -2.43. The lowest BCUT2D eigenvalue weighted by Gasteiger charge is -2.29. The number of nitrogens with zero attached hydrogens (tertiary/aromatic N) is 2. The molecule has 0 amide bonds. The summed E-state index contributed by atoms with van der Waals surface area (Å²) < 4.78 is 0. The molecule has 1 aromatic heterocycles. The Labute approximate surface area is 153 Å². The van der Waals surface area contributed by atoms with Crippen LogP contribution in [0, 0.1) is 6.92 Å². The maximum absolute atomic E-state index is 11.6. The molecular weight excluding hydrogens is 328 g/mol. The van der Waals surface area contributed by atoms with E-state index in [2.05, 4.69) is 20.6 Å². The van der Waals surface area contributed by atoms with Gasteiger partial charge in [0.1, 0.15) is 5.82 Å². The number of aromatic nitrogens is 2. The zero-order chi connectivity index (χ0) is 18.5. The van der Waals surface area contributed by atoms with Gasteiger partial charge < -0.3 is 22.1 Å². The van der Waals surface area contributed by atoms with E-state index in [0.717, 1.165) is 43.2 Å². The molecule has 1 aromatic carbocycles. The monoisotopic (exact) mass is 354 g/mol. The Morgan fingerprint density at radius 2 is 2.08 bits per heavy atom. The molecule has 7 heteroatoms. The van der Waals surface area contributed by atoms with Crippen LogP contribution in [-0.2, 0) is 6.54 Å². The number of hydrogen-bond donors (Lipinski definition) is 4. The van der Waals surface area contributed by atoms with Gasteiger partial charge in [0.25, 0.3) is 0 Å². The minimum absolute atomic E-state index is 0.0765. The second-order valence-corrected chi connectivity index (χ2v) is 6.77. The number of carbonyl (C=O) groups excluding carboxylic acids is 1. The average Bonchev–Trinajstić information content (AvgIpc) is 2.63. The summed E-state index contributed by atoms with van der Waals surface area (Å²) in [6.45, 7) is 2.17. The van der Waals surface area contributed by atoms with Crippen LogP contribution >= 0.6 is 0 Å². The number of aryl methyl sites for hydroxylation is 1. The Bertz CT molecular complexity index is 779. The van der Waals surface area contributed by atoms with Crippen molar-refractivity contribution in [2.24, 2.45) is 11.5 Å². The normalized spacial score (nSPS) is 19.8. The van der Waals surface area contributed by atoms with Crippen molar-refractivity contribution >= 4 is 23.7 Å². The highest BCUT2D eigenvalue weighted by molar-refractivity contribution is 5.86. The summed E-state index contributed by atoms with van der Waals surface area (Å²) in [6.07, 6.45) is 5.01. The minimum atomic E-state index is 0.0765. The highest BCUT2D eigenvalue weighted by Crippen LogP contribution is 2.24. The van der Waals surface area contributed by atoms with Gasteiger partial charge in [0, 0.05) is 24.3 Å². The van der Waals surface area contributed by atoms with Gasteiger partial charge in [-0.05, 0) is 37.5 Å². The molecule has 3 rings (SSSR count). The van der Waals surface area contributed by atoms with Crippen LogP contribution in [0.3, 0.4) is 0 Å². The minimum Gasteiger partial charge on any atom is -0.350 e. The maximum Gasteiger partial charge on any atom is 0.225 e. The number of nitrogens with two attached hydrogens (primary N) is 2. The highest BCUT2D eigenvalue weighted by atomic mass is 16.1. The molecule has 0 saturated heterocycles. The number of nitrogens with one attached hydrogen (secondary N) is 2. The molecule has 26 heavy (non-hydrogen) atoms. The van der Waals surface area contributed by atoms with Crippen molar-refractivity contribution in [1.29, 1.82) is 0 Å². The fraction of sp³-hybridized carbons (Fsp3) is 0.421. The summed E-state index contributed by atoms with van der Waals surface area (Å²) >= 11 is 0. The van der Waals surface area contributed by atoms with E-state index in [9.17, 15) is 4.79 Å². The van der Waals surface area contributed by atoms with E-state index in [4.69, 9.17) is 11.5 Å². The SMILES string of the molecule is Cc1cccc(Nc2nc(N[C@@H]3CCCC[C@@H]3N)nc(CN)c2C=O)c1. The molecule has 1 heterocycles. The van der Waals surface area contributed by atoms with Gasteiger partial charge in [0.2, 0.25) is 5.95 Å². The molecule has 1 fully saturated rings. The number of aldehydes is 1. The molecule has 0 radical (unpaired) electrons. The third-order valence-electron chi connectivity index (χ3n) is 4.75. The van der Waals surface area contributed by atoms with Crippen LogP contribution in [-0.4, -0.2) is 28.3 Å². The third kappa shape index (κ3) is 4.17. The Kier molecular flexibility index (Phi) is 5.80. The molecule has 0 aliphatic heterocycles. The van der Waals surface area contributed by atoms with Gasteiger partial charge in [-0.2, -0.15) is 4.98 Å². The van der Waals surface area contributed by atoms with Crippen molar-refractivity contribution in [1.82, 2.24) is 9.97 Å². The summed E-state index contributed by atoms with van der Waals surface area (Å²) in [4.78, 5) is 20.6. The van der Waals surface area contributed by atoms with Gasteiger partial charge in [-0.25, -0.2) is 4.98 Å². The van der Waals surface area contributed by atoms with Crippen LogP contribution in [0.15, 0.2) is 24.3 Å². The quantitative estimate of drug-likeness (QED) is 0.588. The first-order valence-corrected chi connectivity index (χ1v) is 9.02. The van der Waals surface area contributed by atoms with Crippen molar-refractivity contribution in [3.63, 3.8) is 0 Å². The van der Waals surface area contributed by atoms with Gasteiger partial charge in [-0.1, -0.05) is 25.0 Å². The van der Waals surface area contributed by atoms with Gasteiger partial charge in [-0.15, -0.1) is 0 Å². The molecule has 1 aliphatic rings. The second kappa shape index (κ2) is 8.25. The van der Waals surface area contributed by atoms with Crippen molar-refractivity contribution in [2.75, 3.05) is 10.6 Å². The van der Waals surface area contributed by atoms with Crippen LogP contribution in [0.4, 0.5) is 17.5 Å². The number of hydrogen-bond acceptors (Lipinski definition) is 7. The topological polar surface area (TPSA) is 119 Å². The van der Waals surface area contributed by atoms with Crippen molar-refractivity contribution < 1.29 is 4.79 Å². The van der Waals surface area contributed by atoms with Gasteiger partial charge in [-0.3, -0.25) is 4.79 Å². The molecule has 0 unspecified atom stereocenters. The van der Waals surface area contributed by atoms with Gasteiger partial charge in [0.15, 0.2) is 6.29 Å². The maximum atomic E-state index is 11.6. The molecule has 0 bridgehead atoms. The fourth-order valence-electron chi connectivity index (χ4n) is 3.32. The number of carbonyl (C=O) groups is 1. The summed E-state index contributed by atoms with van der Waals surface area (Å²) in [5.74, 6) is 0.904. The zero-order valence-electron chi connectivity index (χ0n) is 15.0. The smallest absolute Gasteiger partial charge is 0.225 e. The number of rotatable bonds is 6. The first kappa shape index (κ1) is 18.3. The van der Waals surface area contributed by atoms with Crippen LogP contribution < -0.4 is 22.1 Å². The molecule has 1 saturated carbocycles. The van der Waals surface area contributed by atoms with E-state index in [1.54, 1.807) is 0 Å². The van der Waals surface area contributed by atoms with Gasteiger partial charge >= 0.3 is 0 Å².